The second-order valence-electron chi connectivity index (χ2n) is 4.63. The maximum atomic E-state index is 9.71. The van der Waals surface area contributed by atoms with E-state index in [1.807, 2.05) is 18.2 Å². The summed E-state index contributed by atoms with van der Waals surface area (Å²) in [5, 5.41) is 19.4. The summed E-state index contributed by atoms with van der Waals surface area (Å²) in [4.78, 5) is 4.13. The third-order valence-corrected chi connectivity index (χ3v) is 3.74. The van der Waals surface area contributed by atoms with Crippen LogP contribution in [0, 0.1) is 0 Å². The molecule has 2 rings (SSSR count). The van der Waals surface area contributed by atoms with E-state index in [1.165, 1.54) is 0 Å². The molecule has 0 saturated carbocycles. The van der Waals surface area contributed by atoms with Gasteiger partial charge in [0.05, 0.1) is 6.10 Å². The standard InChI is InChI=1S/C15H16BrNO2/c1-10(18)7-13(11-3-2-6-17-9-11)14-8-12(19)4-5-15(14)16/h2-6,8-10,13,18-19H,7H2,1H3. The average molecular weight is 322 g/mol. The zero-order valence-electron chi connectivity index (χ0n) is 10.6. The number of aromatic nitrogens is 1. The molecule has 19 heavy (non-hydrogen) atoms. The lowest BCUT2D eigenvalue weighted by atomic mass is 9.87. The Morgan fingerprint density at radius 3 is 2.74 bits per heavy atom. The van der Waals surface area contributed by atoms with Crippen LogP contribution in [0.3, 0.4) is 0 Å². The average Bonchev–Trinajstić information content (AvgIpc) is 2.40. The molecular weight excluding hydrogens is 306 g/mol. The number of aliphatic hydroxyl groups excluding tert-OH is 1. The van der Waals surface area contributed by atoms with Crippen LogP contribution < -0.4 is 0 Å². The second-order valence-corrected chi connectivity index (χ2v) is 5.48. The van der Waals surface area contributed by atoms with Gasteiger partial charge in [-0.25, -0.2) is 0 Å². The Balaban J connectivity index is 2.46. The molecule has 0 aliphatic carbocycles. The van der Waals surface area contributed by atoms with Crippen molar-refractivity contribution in [3.63, 3.8) is 0 Å². The van der Waals surface area contributed by atoms with Crippen LogP contribution in [0.15, 0.2) is 47.2 Å². The maximum Gasteiger partial charge on any atom is 0.115 e. The molecule has 0 aliphatic rings. The minimum absolute atomic E-state index is 0.00447. The number of aromatic hydroxyl groups is 1. The number of aliphatic hydroxyl groups is 1. The fourth-order valence-corrected chi connectivity index (χ4v) is 2.69. The molecule has 100 valence electrons. The quantitative estimate of drug-likeness (QED) is 0.906. The fraction of sp³-hybridized carbons (Fsp3) is 0.267. The summed E-state index contributed by atoms with van der Waals surface area (Å²) < 4.78 is 0.916. The molecule has 0 amide bonds. The SMILES string of the molecule is CC(O)CC(c1cccnc1)c1cc(O)ccc1Br. The lowest BCUT2D eigenvalue weighted by Gasteiger charge is -2.20. The van der Waals surface area contributed by atoms with E-state index in [9.17, 15) is 10.2 Å². The van der Waals surface area contributed by atoms with Gasteiger partial charge < -0.3 is 10.2 Å². The van der Waals surface area contributed by atoms with Crippen LogP contribution >= 0.6 is 15.9 Å². The molecule has 0 spiro atoms. The molecule has 0 radical (unpaired) electrons. The Bertz CT molecular complexity index is 543. The van der Waals surface area contributed by atoms with Crippen LogP contribution in [0.2, 0.25) is 0 Å². The first kappa shape index (κ1) is 14.0. The lowest BCUT2D eigenvalue weighted by molar-refractivity contribution is 0.179. The van der Waals surface area contributed by atoms with Crippen molar-refractivity contribution < 1.29 is 10.2 Å². The minimum atomic E-state index is -0.431. The van der Waals surface area contributed by atoms with Crippen LogP contribution in [0.25, 0.3) is 0 Å². The molecule has 4 heteroatoms. The smallest absolute Gasteiger partial charge is 0.115 e. The Morgan fingerprint density at radius 2 is 2.11 bits per heavy atom. The van der Waals surface area contributed by atoms with Crippen molar-refractivity contribution in [2.45, 2.75) is 25.4 Å². The molecule has 0 aliphatic heterocycles. The summed E-state index contributed by atoms with van der Waals surface area (Å²) in [6.45, 7) is 1.76. The third kappa shape index (κ3) is 3.55. The predicted octanol–water partition coefficient (Wildman–Crippen LogP) is 3.45. The Kier molecular flexibility index (Phi) is 4.56. The molecule has 1 heterocycles. The van der Waals surface area contributed by atoms with Crippen molar-refractivity contribution in [1.29, 1.82) is 0 Å². The number of phenolic OH excluding ortho intramolecular Hbond substituents is 1. The summed E-state index contributed by atoms with van der Waals surface area (Å²) in [6.07, 6.45) is 3.66. The van der Waals surface area contributed by atoms with E-state index in [1.54, 1.807) is 31.5 Å². The van der Waals surface area contributed by atoms with Gasteiger partial charge in [-0.2, -0.15) is 0 Å². The van der Waals surface area contributed by atoms with Crippen molar-refractivity contribution in [3.8, 4) is 5.75 Å². The molecule has 3 nitrogen and oxygen atoms in total. The van der Waals surface area contributed by atoms with Crippen molar-refractivity contribution >= 4 is 15.9 Å². The van der Waals surface area contributed by atoms with Crippen molar-refractivity contribution in [1.82, 2.24) is 4.98 Å². The summed E-state index contributed by atoms with van der Waals surface area (Å²) in [6, 6.07) is 9.04. The number of phenols is 1. The minimum Gasteiger partial charge on any atom is -0.508 e. The fourth-order valence-electron chi connectivity index (χ4n) is 2.16. The molecule has 2 N–H and O–H groups in total. The zero-order valence-corrected chi connectivity index (χ0v) is 12.2. The van der Waals surface area contributed by atoms with E-state index in [-0.39, 0.29) is 11.7 Å². The van der Waals surface area contributed by atoms with Crippen molar-refractivity contribution in [2.75, 3.05) is 0 Å². The largest absolute Gasteiger partial charge is 0.508 e. The normalized spacial score (nSPS) is 14.1. The van der Waals surface area contributed by atoms with Gasteiger partial charge in [0.25, 0.3) is 0 Å². The van der Waals surface area contributed by atoms with Gasteiger partial charge in [0.15, 0.2) is 0 Å². The highest BCUT2D eigenvalue weighted by molar-refractivity contribution is 9.10. The predicted molar refractivity (Wildman–Crippen MR) is 78.2 cm³/mol. The van der Waals surface area contributed by atoms with Crippen LogP contribution in [0.1, 0.15) is 30.4 Å². The number of hydrogen-bond acceptors (Lipinski definition) is 3. The van der Waals surface area contributed by atoms with E-state index in [0.29, 0.717) is 6.42 Å². The number of pyridine rings is 1. The molecule has 0 saturated heterocycles. The molecule has 1 aromatic heterocycles. The molecule has 0 fully saturated rings. The van der Waals surface area contributed by atoms with Gasteiger partial charge in [-0.05, 0) is 48.7 Å². The van der Waals surface area contributed by atoms with Gasteiger partial charge in [-0.1, -0.05) is 22.0 Å². The second kappa shape index (κ2) is 6.17. The van der Waals surface area contributed by atoms with E-state index >= 15 is 0 Å². The van der Waals surface area contributed by atoms with Gasteiger partial charge >= 0.3 is 0 Å². The Hall–Kier alpha value is -1.39. The van der Waals surface area contributed by atoms with Crippen LogP contribution in [0.5, 0.6) is 5.75 Å². The number of rotatable bonds is 4. The zero-order chi connectivity index (χ0) is 13.8. The van der Waals surface area contributed by atoms with Crippen LogP contribution in [-0.2, 0) is 0 Å². The lowest BCUT2D eigenvalue weighted by Crippen LogP contribution is -2.11. The molecule has 1 aromatic carbocycles. The molecule has 2 atom stereocenters. The van der Waals surface area contributed by atoms with Gasteiger partial charge in [-0.3, -0.25) is 4.98 Å². The third-order valence-electron chi connectivity index (χ3n) is 3.02. The number of hydrogen-bond donors (Lipinski definition) is 2. The van der Waals surface area contributed by atoms with E-state index in [4.69, 9.17) is 0 Å². The first-order chi connectivity index (χ1) is 9.08. The molecule has 0 bridgehead atoms. The first-order valence-electron chi connectivity index (χ1n) is 6.14. The highest BCUT2D eigenvalue weighted by Gasteiger charge is 2.19. The van der Waals surface area contributed by atoms with Gasteiger partial charge in [-0.15, -0.1) is 0 Å². The first-order valence-corrected chi connectivity index (χ1v) is 6.93. The monoisotopic (exact) mass is 321 g/mol. The van der Waals surface area contributed by atoms with E-state index in [2.05, 4.69) is 20.9 Å². The molecule has 2 unspecified atom stereocenters. The van der Waals surface area contributed by atoms with E-state index in [0.717, 1.165) is 15.6 Å². The summed E-state index contributed by atoms with van der Waals surface area (Å²) in [7, 11) is 0. The molecular formula is C15H16BrNO2. The summed E-state index contributed by atoms with van der Waals surface area (Å²) in [5.41, 5.74) is 1.98. The maximum absolute atomic E-state index is 9.71. The molecule has 2 aromatic rings. The highest BCUT2D eigenvalue weighted by atomic mass is 79.9. The van der Waals surface area contributed by atoms with Gasteiger partial charge in [0, 0.05) is 22.8 Å². The highest BCUT2D eigenvalue weighted by Crippen LogP contribution is 2.35. The Labute approximate surface area is 121 Å². The van der Waals surface area contributed by atoms with Gasteiger partial charge in [0.1, 0.15) is 5.75 Å². The number of benzene rings is 1. The number of halogens is 1. The van der Waals surface area contributed by atoms with Crippen molar-refractivity contribution in [2.24, 2.45) is 0 Å². The van der Waals surface area contributed by atoms with Crippen molar-refractivity contribution in [3.05, 3.63) is 58.3 Å². The topological polar surface area (TPSA) is 53.4 Å². The van der Waals surface area contributed by atoms with Crippen LogP contribution in [0.4, 0.5) is 0 Å². The van der Waals surface area contributed by atoms with E-state index < -0.39 is 6.10 Å². The summed E-state index contributed by atoms with van der Waals surface area (Å²) in [5.74, 6) is 0.216. The van der Waals surface area contributed by atoms with Gasteiger partial charge in [0.2, 0.25) is 0 Å². The van der Waals surface area contributed by atoms with Crippen LogP contribution in [-0.4, -0.2) is 21.3 Å². The Morgan fingerprint density at radius 1 is 1.32 bits per heavy atom. The summed E-state index contributed by atoms with van der Waals surface area (Å²) >= 11 is 3.51. The number of nitrogens with zero attached hydrogens (tertiary/aromatic N) is 1.